The fraction of sp³-hybridized carbons (Fsp3) is 0.250. The zero-order valence-corrected chi connectivity index (χ0v) is 12.2. The highest BCUT2D eigenvalue weighted by Gasteiger charge is 2.11. The number of rotatable bonds is 5. The van der Waals surface area contributed by atoms with Crippen LogP contribution in [0.1, 0.15) is 21.6 Å². The summed E-state index contributed by atoms with van der Waals surface area (Å²) in [5.74, 6) is 0.423. The molecule has 1 aromatic carbocycles. The topological polar surface area (TPSA) is 33.2 Å². The molecule has 0 aliphatic carbocycles. The monoisotopic (exact) mass is 288 g/mol. The third kappa shape index (κ3) is 3.81. The number of alkyl halides is 1. The molecule has 1 heterocycles. The van der Waals surface area contributed by atoms with E-state index < -0.39 is 0 Å². The second kappa shape index (κ2) is 7.06. The minimum Gasteiger partial charge on any atom is -0.341 e. The Bertz CT molecular complexity index is 572. The Hall–Kier alpha value is -1.87. The highest BCUT2D eigenvalue weighted by molar-refractivity contribution is 6.17. The molecule has 1 amide bonds. The van der Waals surface area contributed by atoms with Crippen LogP contribution in [-0.2, 0) is 12.3 Å². The lowest BCUT2D eigenvalue weighted by molar-refractivity contribution is 0.0796. The molecule has 0 saturated carbocycles. The Morgan fingerprint density at radius 1 is 1.25 bits per heavy atom. The molecule has 1 aromatic heterocycles. The van der Waals surface area contributed by atoms with Gasteiger partial charge in [0.1, 0.15) is 0 Å². The van der Waals surface area contributed by atoms with Crippen molar-refractivity contribution in [1.29, 1.82) is 0 Å². The van der Waals surface area contributed by atoms with Gasteiger partial charge in [0.05, 0.1) is 0 Å². The minimum absolute atomic E-state index is 0.00731. The van der Waals surface area contributed by atoms with E-state index in [0.717, 1.165) is 17.7 Å². The Balaban J connectivity index is 1.98. The molecule has 0 aliphatic rings. The molecule has 3 nitrogen and oxygen atoms in total. The maximum atomic E-state index is 12.3. The zero-order valence-electron chi connectivity index (χ0n) is 11.4. The number of halogens is 1. The fourth-order valence-electron chi connectivity index (χ4n) is 1.94. The van der Waals surface area contributed by atoms with Crippen LogP contribution in [0.3, 0.4) is 0 Å². The first-order chi connectivity index (χ1) is 9.70. The molecular formula is C16H17ClN2O. The second-order valence-corrected chi connectivity index (χ2v) is 4.90. The van der Waals surface area contributed by atoms with Crippen LogP contribution < -0.4 is 0 Å². The summed E-state index contributed by atoms with van der Waals surface area (Å²) in [6.07, 6.45) is 2.51. The lowest BCUT2D eigenvalue weighted by Crippen LogP contribution is -2.29. The molecule has 0 N–H and O–H groups in total. The molecule has 0 aliphatic heterocycles. The maximum Gasteiger partial charge on any atom is 0.253 e. The van der Waals surface area contributed by atoms with Crippen LogP contribution >= 0.6 is 11.6 Å². The van der Waals surface area contributed by atoms with Crippen LogP contribution in [-0.4, -0.2) is 29.4 Å². The number of aromatic nitrogens is 1. The predicted molar refractivity (Wildman–Crippen MR) is 80.9 cm³/mol. The van der Waals surface area contributed by atoms with Crippen molar-refractivity contribution in [2.45, 2.75) is 12.3 Å². The van der Waals surface area contributed by atoms with Gasteiger partial charge in [-0.1, -0.05) is 18.2 Å². The quantitative estimate of drug-likeness (QED) is 0.792. The van der Waals surface area contributed by atoms with Crippen LogP contribution in [0.25, 0.3) is 0 Å². The minimum atomic E-state index is 0.00731. The van der Waals surface area contributed by atoms with Gasteiger partial charge in [-0.05, 0) is 29.8 Å². The summed E-state index contributed by atoms with van der Waals surface area (Å²) in [7, 11) is 1.80. The summed E-state index contributed by atoms with van der Waals surface area (Å²) >= 11 is 5.79. The second-order valence-electron chi connectivity index (χ2n) is 4.63. The molecule has 0 radical (unpaired) electrons. The van der Waals surface area contributed by atoms with E-state index in [0.29, 0.717) is 18.0 Å². The first-order valence-corrected chi connectivity index (χ1v) is 7.04. The summed E-state index contributed by atoms with van der Waals surface area (Å²) in [5, 5.41) is 0. The molecule has 4 heteroatoms. The standard InChI is InChI=1S/C16H17ClN2O/c1-19(10-8-15-7-2-3-9-18-15)16(20)14-6-4-5-13(11-14)12-17/h2-7,9,11H,8,10,12H2,1H3. The number of benzene rings is 1. The van der Waals surface area contributed by atoms with Crippen molar-refractivity contribution in [3.63, 3.8) is 0 Å². The summed E-state index contributed by atoms with van der Waals surface area (Å²) in [6, 6.07) is 13.2. The van der Waals surface area contributed by atoms with Gasteiger partial charge in [0, 0.05) is 43.3 Å². The number of carbonyl (C=O) groups excluding carboxylic acids is 1. The predicted octanol–water partition coefficient (Wildman–Crippen LogP) is 3.14. The summed E-state index contributed by atoms with van der Waals surface area (Å²) in [5.41, 5.74) is 2.61. The van der Waals surface area contributed by atoms with Gasteiger partial charge in [0.25, 0.3) is 5.91 Å². The van der Waals surface area contributed by atoms with Gasteiger partial charge in [0.15, 0.2) is 0 Å². The Morgan fingerprint density at radius 3 is 2.80 bits per heavy atom. The van der Waals surface area contributed by atoms with E-state index in [1.165, 1.54) is 0 Å². The highest BCUT2D eigenvalue weighted by atomic mass is 35.5. The van der Waals surface area contributed by atoms with Crippen molar-refractivity contribution in [2.24, 2.45) is 0 Å². The molecule has 0 bridgehead atoms. The summed E-state index contributed by atoms with van der Waals surface area (Å²) < 4.78 is 0. The van der Waals surface area contributed by atoms with Crippen molar-refractivity contribution in [3.05, 3.63) is 65.5 Å². The SMILES string of the molecule is CN(CCc1ccccn1)C(=O)c1cccc(CCl)c1. The number of hydrogen-bond acceptors (Lipinski definition) is 2. The zero-order chi connectivity index (χ0) is 14.4. The molecule has 0 spiro atoms. The smallest absolute Gasteiger partial charge is 0.253 e. The lowest BCUT2D eigenvalue weighted by Gasteiger charge is -2.17. The molecule has 0 fully saturated rings. The number of likely N-dealkylation sites (N-methyl/N-ethyl adjacent to an activating group) is 1. The van der Waals surface area contributed by atoms with Crippen LogP contribution in [0.4, 0.5) is 0 Å². The summed E-state index contributed by atoms with van der Waals surface area (Å²) in [4.78, 5) is 18.3. The molecule has 0 unspecified atom stereocenters. The summed E-state index contributed by atoms with van der Waals surface area (Å²) in [6.45, 7) is 0.640. The van der Waals surface area contributed by atoms with E-state index in [2.05, 4.69) is 4.98 Å². The number of carbonyl (C=O) groups is 1. The van der Waals surface area contributed by atoms with Gasteiger partial charge in [-0.2, -0.15) is 0 Å². The Labute approximate surface area is 124 Å². The molecule has 2 rings (SSSR count). The van der Waals surface area contributed by atoms with Crippen molar-refractivity contribution in [2.75, 3.05) is 13.6 Å². The highest BCUT2D eigenvalue weighted by Crippen LogP contribution is 2.10. The first kappa shape index (κ1) is 14.5. The average molecular weight is 289 g/mol. The van der Waals surface area contributed by atoms with Gasteiger partial charge < -0.3 is 4.90 Å². The van der Waals surface area contributed by atoms with Crippen LogP contribution in [0.5, 0.6) is 0 Å². The molecule has 0 saturated heterocycles. The molecule has 104 valence electrons. The van der Waals surface area contributed by atoms with E-state index in [1.807, 2.05) is 42.5 Å². The normalized spacial score (nSPS) is 10.3. The lowest BCUT2D eigenvalue weighted by atomic mass is 10.1. The molecule has 2 aromatic rings. The van der Waals surface area contributed by atoms with E-state index in [-0.39, 0.29) is 5.91 Å². The van der Waals surface area contributed by atoms with Crippen molar-refractivity contribution in [3.8, 4) is 0 Å². The Morgan fingerprint density at radius 2 is 2.10 bits per heavy atom. The van der Waals surface area contributed by atoms with E-state index >= 15 is 0 Å². The van der Waals surface area contributed by atoms with Crippen LogP contribution in [0, 0.1) is 0 Å². The average Bonchev–Trinajstić information content (AvgIpc) is 2.53. The third-order valence-electron chi connectivity index (χ3n) is 3.10. The number of pyridine rings is 1. The van der Waals surface area contributed by atoms with E-state index in [1.54, 1.807) is 18.1 Å². The maximum absolute atomic E-state index is 12.3. The molecular weight excluding hydrogens is 272 g/mol. The first-order valence-electron chi connectivity index (χ1n) is 6.51. The Kier molecular flexibility index (Phi) is 5.13. The van der Waals surface area contributed by atoms with E-state index in [9.17, 15) is 4.79 Å². The van der Waals surface area contributed by atoms with Crippen molar-refractivity contribution < 1.29 is 4.79 Å². The van der Waals surface area contributed by atoms with Gasteiger partial charge in [-0.15, -0.1) is 11.6 Å². The molecule has 20 heavy (non-hydrogen) atoms. The van der Waals surface area contributed by atoms with Gasteiger partial charge >= 0.3 is 0 Å². The van der Waals surface area contributed by atoms with Gasteiger partial charge in [-0.3, -0.25) is 9.78 Å². The fourth-order valence-corrected chi connectivity index (χ4v) is 2.10. The number of nitrogens with zero attached hydrogens (tertiary/aromatic N) is 2. The number of hydrogen-bond donors (Lipinski definition) is 0. The number of amides is 1. The molecule has 0 atom stereocenters. The van der Waals surface area contributed by atoms with E-state index in [4.69, 9.17) is 11.6 Å². The van der Waals surface area contributed by atoms with Gasteiger partial charge in [-0.25, -0.2) is 0 Å². The van der Waals surface area contributed by atoms with Crippen molar-refractivity contribution >= 4 is 17.5 Å². The van der Waals surface area contributed by atoms with Crippen molar-refractivity contribution in [1.82, 2.24) is 9.88 Å². The largest absolute Gasteiger partial charge is 0.341 e. The van der Waals surface area contributed by atoms with Crippen LogP contribution in [0.15, 0.2) is 48.7 Å². The van der Waals surface area contributed by atoms with Gasteiger partial charge in [0.2, 0.25) is 0 Å². The van der Waals surface area contributed by atoms with Crippen LogP contribution in [0.2, 0.25) is 0 Å². The third-order valence-corrected chi connectivity index (χ3v) is 3.41.